The number of methoxy groups -OCH3 is 1. The average molecular weight is 541 g/mol. The van der Waals surface area contributed by atoms with Gasteiger partial charge in [0.15, 0.2) is 0 Å². The summed E-state index contributed by atoms with van der Waals surface area (Å²) in [6, 6.07) is 7.78. The van der Waals surface area contributed by atoms with Crippen LogP contribution >= 0.6 is 11.3 Å². The van der Waals surface area contributed by atoms with Crippen molar-refractivity contribution in [3.8, 4) is 16.5 Å². The van der Waals surface area contributed by atoms with E-state index in [4.69, 9.17) is 13.9 Å². The maximum atomic E-state index is 14.3. The highest BCUT2D eigenvalue weighted by Crippen LogP contribution is 2.41. The number of rotatable bonds is 10. The lowest BCUT2D eigenvalue weighted by molar-refractivity contribution is -0.105. The Hall–Kier alpha value is -3.21. The van der Waals surface area contributed by atoms with Crippen LogP contribution in [0.2, 0.25) is 0 Å². The third kappa shape index (κ3) is 6.09. The van der Waals surface area contributed by atoms with E-state index in [-0.39, 0.29) is 12.0 Å². The highest BCUT2D eigenvalue weighted by atomic mass is 32.1. The maximum Gasteiger partial charge on any atom is 0.257 e. The summed E-state index contributed by atoms with van der Waals surface area (Å²) >= 11 is 1.27. The molecule has 204 valence electrons. The van der Waals surface area contributed by atoms with E-state index in [0.29, 0.717) is 45.6 Å². The Balaban J connectivity index is 1.74. The van der Waals surface area contributed by atoms with E-state index < -0.39 is 11.6 Å². The van der Waals surface area contributed by atoms with Gasteiger partial charge in [-0.1, -0.05) is 18.2 Å². The fraction of sp³-hybridized carbons (Fsp3) is 0.464. The molecule has 4 rings (SSSR count). The minimum Gasteiger partial charge on any atom is -0.496 e. The molecule has 0 radical (unpaired) electrons. The Morgan fingerprint density at radius 1 is 1.32 bits per heavy atom. The minimum atomic E-state index is -0.551. The summed E-state index contributed by atoms with van der Waals surface area (Å²) in [6.07, 6.45) is 5.07. The number of ether oxygens (including phenoxy) is 2. The van der Waals surface area contributed by atoms with E-state index in [1.165, 1.54) is 17.6 Å². The van der Waals surface area contributed by atoms with Gasteiger partial charge in [-0.3, -0.25) is 9.59 Å². The van der Waals surface area contributed by atoms with Crippen molar-refractivity contribution in [1.82, 2.24) is 15.2 Å². The molecule has 38 heavy (non-hydrogen) atoms. The van der Waals surface area contributed by atoms with Crippen molar-refractivity contribution in [1.29, 1.82) is 0 Å². The summed E-state index contributed by atoms with van der Waals surface area (Å²) in [4.78, 5) is 32.6. The van der Waals surface area contributed by atoms with E-state index in [2.05, 4.69) is 15.6 Å². The van der Waals surface area contributed by atoms with Gasteiger partial charge in [0, 0.05) is 11.1 Å². The number of nitrogens with zero attached hydrogens (tertiary/aromatic N) is 2. The van der Waals surface area contributed by atoms with Crippen LogP contribution in [0.4, 0.5) is 5.00 Å². The summed E-state index contributed by atoms with van der Waals surface area (Å²) < 4.78 is 17.9. The third-order valence-electron chi connectivity index (χ3n) is 6.71. The molecule has 2 aromatic heterocycles. The molecule has 2 amide bonds. The van der Waals surface area contributed by atoms with Crippen LogP contribution in [-0.2, 0) is 9.53 Å². The first-order valence-corrected chi connectivity index (χ1v) is 13.6. The summed E-state index contributed by atoms with van der Waals surface area (Å²) in [6.45, 7) is 9.93. The predicted molar refractivity (Wildman–Crippen MR) is 148 cm³/mol. The summed E-state index contributed by atoms with van der Waals surface area (Å²) in [7, 11) is 1.64. The number of hydrogen-bond donors (Lipinski definition) is 2. The molecule has 2 N–H and O–H groups in total. The second-order valence-corrected chi connectivity index (χ2v) is 11.3. The van der Waals surface area contributed by atoms with Gasteiger partial charge in [-0.15, -0.1) is 11.3 Å². The third-order valence-corrected chi connectivity index (χ3v) is 7.92. The Morgan fingerprint density at radius 2 is 2.05 bits per heavy atom. The molecular formula is C28H36N4O5S. The molecule has 1 aromatic carbocycles. The summed E-state index contributed by atoms with van der Waals surface area (Å²) in [5.74, 6) is 0.917. The SMILES string of the molecule is COc1ccccc1C(CN(C(=O)c1c(NC=O)sc(-c2ncco2)c1C)C(C)(C)C)OC1CCNCC1. The quantitative estimate of drug-likeness (QED) is 0.347. The standard InChI is InChI=1S/C28H36N4O5S/c1-18-23(26(31-17-33)38-24(18)25-30-14-15-36-25)27(34)32(28(2,3)4)16-22(37-19-10-12-29-13-11-19)20-8-6-7-9-21(20)35-5/h6-9,14-15,17,19,22,29H,10-13,16H2,1-5H3,(H,31,33). The molecule has 1 fully saturated rings. The molecular weight excluding hydrogens is 504 g/mol. The minimum absolute atomic E-state index is 0.0647. The average Bonchev–Trinajstić information content (AvgIpc) is 3.54. The van der Waals surface area contributed by atoms with E-state index in [0.717, 1.165) is 31.5 Å². The zero-order valence-electron chi connectivity index (χ0n) is 22.6. The molecule has 1 aliphatic heterocycles. The van der Waals surface area contributed by atoms with Crippen molar-refractivity contribution >= 4 is 28.7 Å². The highest BCUT2D eigenvalue weighted by Gasteiger charge is 2.36. The van der Waals surface area contributed by atoms with E-state index in [9.17, 15) is 9.59 Å². The predicted octanol–water partition coefficient (Wildman–Crippen LogP) is 5.04. The Labute approximate surface area is 227 Å². The second-order valence-electron chi connectivity index (χ2n) is 10.3. The van der Waals surface area contributed by atoms with E-state index >= 15 is 0 Å². The van der Waals surface area contributed by atoms with Crippen molar-refractivity contribution in [2.45, 2.75) is 58.3 Å². The van der Waals surface area contributed by atoms with Crippen molar-refractivity contribution in [2.24, 2.45) is 0 Å². The number of para-hydroxylation sites is 1. The molecule has 3 heterocycles. The Morgan fingerprint density at radius 3 is 2.68 bits per heavy atom. The van der Waals surface area contributed by atoms with Gasteiger partial charge in [-0.2, -0.15) is 0 Å². The first-order valence-electron chi connectivity index (χ1n) is 12.8. The highest BCUT2D eigenvalue weighted by molar-refractivity contribution is 7.20. The van der Waals surface area contributed by atoms with Crippen LogP contribution in [0.5, 0.6) is 5.75 Å². The van der Waals surface area contributed by atoms with Crippen LogP contribution in [0, 0.1) is 6.92 Å². The number of anilines is 1. The molecule has 9 nitrogen and oxygen atoms in total. The zero-order valence-corrected chi connectivity index (χ0v) is 23.4. The summed E-state index contributed by atoms with van der Waals surface area (Å²) in [5, 5.41) is 6.55. The number of piperidine rings is 1. The van der Waals surface area contributed by atoms with Crippen molar-refractivity contribution in [3.63, 3.8) is 0 Å². The fourth-order valence-corrected chi connectivity index (χ4v) is 5.84. The lowest BCUT2D eigenvalue weighted by Crippen LogP contribution is -2.48. The molecule has 3 aromatic rings. The Kier molecular flexibility index (Phi) is 8.86. The number of aromatic nitrogens is 1. The smallest absolute Gasteiger partial charge is 0.257 e. The van der Waals surface area contributed by atoms with Gasteiger partial charge in [0.2, 0.25) is 12.3 Å². The van der Waals surface area contributed by atoms with Gasteiger partial charge in [0.1, 0.15) is 23.1 Å². The van der Waals surface area contributed by atoms with Gasteiger partial charge in [-0.05, 0) is 65.3 Å². The van der Waals surface area contributed by atoms with Crippen LogP contribution in [0.1, 0.15) is 61.2 Å². The van der Waals surface area contributed by atoms with Crippen LogP contribution in [-0.4, -0.2) is 60.6 Å². The maximum absolute atomic E-state index is 14.3. The molecule has 1 unspecified atom stereocenters. The molecule has 1 atom stereocenters. The van der Waals surface area contributed by atoms with Crippen LogP contribution in [0.25, 0.3) is 10.8 Å². The van der Waals surface area contributed by atoms with Gasteiger partial charge < -0.3 is 29.4 Å². The lowest BCUT2D eigenvalue weighted by atomic mass is 9.99. The number of carbonyl (C=O) groups is 2. The normalized spacial score (nSPS) is 15.2. The fourth-order valence-electron chi connectivity index (χ4n) is 4.74. The monoisotopic (exact) mass is 540 g/mol. The number of benzene rings is 1. The number of oxazole rings is 1. The van der Waals surface area contributed by atoms with Crippen molar-refractivity contribution < 1.29 is 23.5 Å². The number of nitrogens with one attached hydrogen (secondary N) is 2. The van der Waals surface area contributed by atoms with Gasteiger partial charge in [-0.25, -0.2) is 4.98 Å². The van der Waals surface area contributed by atoms with Crippen LogP contribution in [0.15, 0.2) is 41.1 Å². The number of thiophene rings is 1. The molecule has 0 aliphatic carbocycles. The topological polar surface area (TPSA) is 106 Å². The summed E-state index contributed by atoms with van der Waals surface area (Å²) in [5.41, 5.74) is 1.47. The molecule has 10 heteroatoms. The molecule has 0 saturated carbocycles. The molecule has 0 spiro atoms. The molecule has 1 saturated heterocycles. The number of carbonyl (C=O) groups excluding carboxylic acids is 2. The Bertz CT molecular complexity index is 1230. The lowest BCUT2D eigenvalue weighted by Gasteiger charge is -2.40. The largest absolute Gasteiger partial charge is 0.496 e. The van der Waals surface area contributed by atoms with Crippen LogP contribution in [0.3, 0.4) is 0 Å². The first-order chi connectivity index (χ1) is 18.2. The van der Waals surface area contributed by atoms with Gasteiger partial charge in [0.05, 0.1) is 36.4 Å². The van der Waals surface area contributed by atoms with Crippen LogP contribution < -0.4 is 15.4 Å². The van der Waals surface area contributed by atoms with Crippen molar-refractivity contribution in [2.75, 3.05) is 32.1 Å². The molecule has 1 aliphatic rings. The molecule has 0 bridgehead atoms. The number of hydrogen-bond acceptors (Lipinski definition) is 8. The van der Waals surface area contributed by atoms with E-state index in [1.54, 1.807) is 13.3 Å². The van der Waals surface area contributed by atoms with Gasteiger partial charge in [0.25, 0.3) is 5.91 Å². The second kappa shape index (κ2) is 12.1. The first kappa shape index (κ1) is 27.8. The van der Waals surface area contributed by atoms with E-state index in [1.807, 2.05) is 56.9 Å². The van der Waals surface area contributed by atoms with Crippen molar-refractivity contribution in [3.05, 3.63) is 53.4 Å². The zero-order chi connectivity index (χ0) is 27.3. The van der Waals surface area contributed by atoms with Gasteiger partial charge >= 0.3 is 0 Å². The number of amides is 2.